The number of likely N-dealkylation sites (N-methyl/N-ethyl adjacent to an activating group) is 1. The molecule has 0 bridgehead atoms. The van der Waals surface area contributed by atoms with E-state index in [0.29, 0.717) is 6.04 Å². The summed E-state index contributed by atoms with van der Waals surface area (Å²) in [5.74, 6) is 2.00. The molecule has 3 heteroatoms. The maximum atomic E-state index is 5.71. The van der Waals surface area contributed by atoms with Gasteiger partial charge in [0.1, 0.15) is 11.5 Å². The van der Waals surface area contributed by atoms with Crippen LogP contribution in [0.5, 0.6) is 0 Å². The quantitative estimate of drug-likeness (QED) is 0.718. The zero-order chi connectivity index (χ0) is 12.0. The van der Waals surface area contributed by atoms with Crippen LogP contribution < -0.4 is 5.32 Å². The molecule has 0 aliphatic carbocycles. The van der Waals surface area contributed by atoms with Crippen molar-refractivity contribution in [1.29, 1.82) is 0 Å². The summed E-state index contributed by atoms with van der Waals surface area (Å²) in [7, 11) is 2.05. The lowest BCUT2D eigenvalue weighted by Gasteiger charge is -2.11. The molecule has 0 aromatic carbocycles. The number of hydrogen-bond donors (Lipinski definition) is 1. The van der Waals surface area contributed by atoms with Gasteiger partial charge < -0.3 is 9.73 Å². The first-order valence-corrected chi connectivity index (χ1v) is 5.72. The number of nitrogens with one attached hydrogen (secondary N) is 1. The van der Waals surface area contributed by atoms with Gasteiger partial charge in [0.15, 0.2) is 0 Å². The third-order valence-electron chi connectivity index (χ3n) is 2.27. The molecule has 0 aliphatic heterocycles. The van der Waals surface area contributed by atoms with E-state index in [1.807, 2.05) is 18.2 Å². The number of furan rings is 1. The fourth-order valence-corrected chi connectivity index (χ4v) is 1.46. The van der Waals surface area contributed by atoms with E-state index in [0.717, 1.165) is 31.2 Å². The Bertz CT molecular complexity index is 317. The van der Waals surface area contributed by atoms with Gasteiger partial charge in [0.25, 0.3) is 0 Å². The fourth-order valence-electron chi connectivity index (χ4n) is 1.46. The SMILES string of the molecule is C=CCN(C)Cc1ccc(CNC(C)C)o1. The van der Waals surface area contributed by atoms with Crippen LogP contribution in [0.2, 0.25) is 0 Å². The minimum atomic E-state index is 0.483. The Morgan fingerprint density at radius 3 is 2.75 bits per heavy atom. The van der Waals surface area contributed by atoms with E-state index in [1.165, 1.54) is 0 Å². The predicted molar refractivity (Wildman–Crippen MR) is 67.2 cm³/mol. The molecule has 0 amide bonds. The van der Waals surface area contributed by atoms with E-state index in [4.69, 9.17) is 4.42 Å². The molecule has 16 heavy (non-hydrogen) atoms. The Kier molecular flexibility index (Phi) is 5.29. The van der Waals surface area contributed by atoms with Crippen LogP contribution in [-0.2, 0) is 13.1 Å². The molecule has 90 valence electrons. The molecular weight excluding hydrogens is 200 g/mol. The summed E-state index contributed by atoms with van der Waals surface area (Å²) < 4.78 is 5.71. The highest BCUT2D eigenvalue weighted by atomic mass is 16.3. The Morgan fingerprint density at radius 1 is 1.44 bits per heavy atom. The highest BCUT2D eigenvalue weighted by molar-refractivity contribution is 5.07. The molecule has 0 atom stereocenters. The van der Waals surface area contributed by atoms with Crippen molar-refractivity contribution < 1.29 is 4.42 Å². The van der Waals surface area contributed by atoms with Crippen molar-refractivity contribution in [2.75, 3.05) is 13.6 Å². The molecule has 0 spiro atoms. The first kappa shape index (κ1) is 13.0. The van der Waals surface area contributed by atoms with Crippen LogP contribution in [0.25, 0.3) is 0 Å². The van der Waals surface area contributed by atoms with Crippen LogP contribution in [0.15, 0.2) is 29.2 Å². The molecule has 1 N–H and O–H groups in total. The summed E-state index contributed by atoms with van der Waals surface area (Å²) >= 11 is 0. The third kappa shape index (κ3) is 4.64. The van der Waals surface area contributed by atoms with Crippen molar-refractivity contribution in [3.8, 4) is 0 Å². The Labute approximate surface area is 98.1 Å². The topological polar surface area (TPSA) is 28.4 Å². The van der Waals surface area contributed by atoms with Crippen molar-refractivity contribution in [3.63, 3.8) is 0 Å². The average Bonchev–Trinajstić information content (AvgIpc) is 2.63. The average molecular weight is 222 g/mol. The van der Waals surface area contributed by atoms with E-state index in [9.17, 15) is 0 Å². The van der Waals surface area contributed by atoms with Gasteiger partial charge in [0.05, 0.1) is 13.1 Å². The van der Waals surface area contributed by atoms with Gasteiger partial charge in [-0.2, -0.15) is 0 Å². The summed E-state index contributed by atoms with van der Waals surface area (Å²) in [4.78, 5) is 2.16. The van der Waals surface area contributed by atoms with Crippen molar-refractivity contribution >= 4 is 0 Å². The molecule has 0 aliphatic rings. The molecule has 3 nitrogen and oxygen atoms in total. The normalized spacial score (nSPS) is 11.3. The third-order valence-corrected chi connectivity index (χ3v) is 2.27. The summed E-state index contributed by atoms with van der Waals surface area (Å²) in [6.45, 7) is 10.5. The van der Waals surface area contributed by atoms with Crippen LogP contribution in [0, 0.1) is 0 Å². The summed E-state index contributed by atoms with van der Waals surface area (Å²) in [5.41, 5.74) is 0. The zero-order valence-corrected chi connectivity index (χ0v) is 10.5. The zero-order valence-electron chi connectivity index (χ0n) is 10.5. The highest BCUT2D eigenvalue weighted by Gasteiger charge is 2.04. The second-order valence-electron chi connectivity index (χ2n) is 4.39. The van der Waals surface area contributed by atoms with Gasteiger partial charge >= 0.3 is 0 Å². The van der Waals surface area contributed by atoms with Crippen molar-refractivity contribution in [3.05, 3.63) is 36.3 Å². The molecule has 0 fully saturated rings. The van der Waals surface area contributed by atoms with Crippen LogP contribution >= 0.6 is 0 Å². The van der Waals surface area contributed by atoms with E-state index < -0.39 is 0 Å². The van der Waals surface area contributed by atoms with Crippen LogP contribution in [-0.4, -0.2) is 24.5 Å². The van der Waals surface area contributed by atoms with E-state index >= 15 is 0 Å². The summed E-state index contributed by atoms with van der Waals surface area (Å²) in [6.07, 6.45) is 1.89. The van der Waals surface area contributed by atoms with E-state index in [1.54, 1.807) is 0 Å². The van der Waals surface area contributed by atoms with Crippen molar-refractivity contribution in [2.24, 2.45) is 0 Å². The predicted octanol–water partition coefficient (Wildman–Crippen LogP) is 2.40. The highest BCUT2D eigenvalue weighted by Crippen LogP contribution is 2.09. The van der Waals surface area contributed by atoms with Gasteiger partial charge in [-0.05, 0) is 19.2 Å². The van der Waals surface area contributed by atoms with Crippen LogP contribution in [0.3, 0.4) is 0 Å². The van der Waals surface area contributed by atoms with Gasteiger partial charge in [-0.3, -0.25) is 4.90 Å². The van der Waals surface area contributed by atoms with Crippen molar-refractivity contribution in [2.45, 2.75) is 33.0 Å². The molecule has 1 aromatic heterocycles. The van der Waals surface area contributed by atoms with Crippen molar-refractivity contribution in [1.82, 2.24) is 10.2 Å². The monoisotopic (exact) mass is 222 g/mol. The second-order valence-corrected chi connectivity index (χ2v) is 4.39. The summed E-state index contributed by atoms with van der Waals surface area (Å²) in [6, 6.07) is 4.56. The molecule has 1 heterocycles. The summed E-state index contributed by atoms with van der Waals surface area (Å²) in [5, 5.41) is 3.33. The lowest BCUT2D eigenvalue weighted by Crippen LogP contribution is -2.21. The number of nitrogens with zero attached hydrogens (tertiary/aromatic N) is 1. The molecular formula is C13H22N2O. The number of hydrogen-bond acceptors (Lipinski definition) is 3. The largest absolute Gasteiger partial charge is 0.463 e. The first-order valence-electron chi connectivity index (χ1n) is 5.72. The van der Waals surface area contributed by atoms with E-state index in [2.05, 4.69) is 37.7 Å². The minimum Gasteiger partial charge on any atom is -0.463 e. The van der Waals surface area contributed by atoms with Crippen LogP contribution in [0.4, 0.5) is 0 Å². The van der Waals surface area contributed by atoms with Gasteiger partial charge in [0.2, 0.25) is 0 Å². The standard InChI is InChI=1S/C13H22N2O/c1-5-8-15(4)10-13-7-6-12(16-13)9-14-11(2)3/h5-7,11,14H,1,8-10H2,2-4H3. The van der Waals surface area contributed by atoms with Gasteiger partial charge in [0, 0.05) is 12.6 Å². The first-order chi connectivity index (χ1) is 7.61. The maximum Gasteiger partial charge on any atom is 0.118 e. The molecule has 0 unspecified atom stereocenters. The van der Waals surface area contributed by atoms with Crippen LogP contribution in [0.1, 0.15) is 25.4 Å². The lowest BCUT2D eigenvalue weighted by molar-refractivity contribution is 0.313. The Morgan fingerprint density at radius 2 is 2.12 bits per heavy atom. The van der Waals surface area contributed by atoms with Gasteiger partial charge in [-0.25, -0.2) is 0 Å². The number of rotatable bonds is 7. The molecule has 1 rings (SSSR count). The molecule has 0 saturated carbocycles. The molecule has 0 radical (unpaired) electrons. The van der Waals surface area contributed by atoms with Gasteiger partial charge in [-0.1, -0.05) is 19.9 Å². The molecule has 0 saturated heterocycles. The maximum absolute atomic E-state index is 5.71. The minimum absolute atomic E-state index is 0.483. The van der Waals surface area contributed by atoms with Gasteiger partial charge in [-0.15, -0.1) is 6.58 Å². The fraction of sp³-hybridized carbons (Fsp3) is 0.538. The lowest BCUT2D eigenvalue weighted by atomic mass is 10.3. The van der Waals surface area contributed by atoms with E-state index in [-0.39, 0.29) is 0 Å². The molecule has 1 aromatic rings. The Balaban J connectivity index is 2.41. The smallest absolute Gasteiger partial charge is 0.118 e. The Hall–Kier alpha value is -1.06. The second kappa shape index (κ2) is 6.51.